The van der Waals surface area contributed by atoms with Gasteiger partial charge in [0.15, 0.2) is 0 Å². The third-order valence-corrected chi connectivity index (χ3v) is 2.03. The Morgan fingerprint density at radius 3 is 3.00 bits per heavy atom. The second-order valence-electron chi connectivity index (χ2n) is 3.50. The molecule has 1 rings (SSSR count). The fourth-order valence-corrected chi connectivity index (χ4v) is 1.13. The Morgan fingerprint density at radius 2 is 2.43 bits per heavy atom. The van der Waals surface area contributed by atoms with E-state index in [1.165, 1.54) is 4.90 Å². The van der Waals surface area contributed by atoms with Gasteiger partial charge in [0.05, 0.1) is 19.3 Å². The molecule has 5 nitrogen and oxygen atoms in total. The molecule has 82 valence electrons. The minimum atomic E-state index is -0.0197. The summed E-state index contributed by atoms with van der Waals surface area (Å²) in [6.07, 6.45) is 0.0821. The molecule has 0 bridgehead atoms. The van der Waals surface area contributed by atoms with Crippen molar-refractivity contribution in [2.45, 2.75) is 6.10 Å². The summed E-state index contributed by atoms with van der Waals surface area (Å²) in [6, 6.07) is 0. The maximum atomic E-state index is 11.1. The lowest BCUT2D eigenvalue weighted by atomic mass is 10.3. The minimum absolute atomic E-state index is 0.0197. The number of hydrogen-bond donors (Lipinski definition) is 1. The number of nitrogens with one attached hydrogen (secondary N) is 1. The van der Waals surface area contributed by atoms with Crippen LogP contribution in [0, 0.1) is 0 Å². The van der Waals surface area contributed by atoms with Crippen LogP contribution in [0.3, 0.4) is 0 Å². The smallest absolute Gasteiger partial charge is 0.248 e. The van der Waals surface area contributed by atoms with E-state index in [0.717, 1.165) is 19.7 Å². The summed E-state index contributed by atoms with van der Waals surface area (Å²) in [7, 11) is 3.43. The first-order valence-corrected chi connectivity index (χ1v) is 4.80. The van der Waals surface area contributed by atoms with Gasteiger partial charge in [0, 0.05) is 27.2 Å². The number of carbonyl (C=O) groups excluding carboxylic acids is 1. The summed E-state index contributed by atoms with van der Waals surface area (Å²) >= 11 is 0. The van der Waals surface area contributed by atoms with Gasteiger partial charge >= 0.3 is 0 Å². The summed E-state index contributed by atoms with van der Waals surface area (Å²) in [5.74, 6) is -0.0197. The summed E-state index contributed by atoms with van der Waals surface area (Å²) < 4.78 is 10.6. The first-order chi connectivity index (χ1) is 6.70. The molecule has 1 unspecified atom stereocenters. The molecular weight excluding hydrogens is 184 g/mol. The first-order valence-electron chi connectivity index (χ1n) is 4.80. The first kappa shape index (κ1) is 11.4. The van der Waals surface area contributed by atoms with Crippen molar-refractivity contribution >= 4 is 5.91 Å². The molecule has 0 aromatic heterocycles. The van der Waals surface area contributed by atoms with Crippen LogP contribution in [0.2, 0.25) is 0 Å². The predicted octanol–water partition coefficient (Wildman–Crippen LogP) is -0.920. The molecule has 0 radical (unpaired) electrons. The maximum Gasteiger partial charge on any atom is 0.248 e. The topological polar surface area (TPSA) is 50.8 Å². The van der Waals surface area contributed by atoms with Crippen molar-refractivity contribution in [1.29, 1.82) is 0 Å². The molecule has 1 fully saturated rings. The van der Waals surface area contributed by atoms with Crippen LogP contribution in [0.4, 0.5) is 0 Å². The molecule has 5 heteroatoms. The molecular formula is C9H18N2O3. The van der Waals surface area contributed by atoms with Crippen molar-refractivity contribution in [3.63, 3.8) is 0 Å². The van der Waals surface area contributed by atoms with Crippen LogP contribution in [0.1, 0.15) is 0 Å². The number of likely N-dealkylation sites (N-methyl/N-ethyl adjacent to an activating group) is 1. The molecule has 0 aliphatic carbocycles. The molecule has 1 aliphatic rings. The SMILES string of the molecule is CN(C)C(=O)COCC1CNCCO1. The van der Waals surface area contributed by atoms with E-state index in [0.29, 0.717) is 6.61 Å². The number of morpholine rings is 1. The molecule has 1 amide bonds. The Labute approximate surface area is 84.4 Å². The normalized spacial score (nSPS) is 22.0. The highest BCUT2D eigenvalue weighted by Crippen LogP contribution is 1.96. The van der Waals surface area contributed by atoms with E-state index in [9.17, 15) is 4.79 Å². The van der Waals surface area contributed by atoms with Gasteiger partial charge in [0.1, 0.15) is 6.61 Å². The van der Waals surface area contributed by atoms with Gasteiger partial charge in [-0.3, -0.25) is 4.79 Å². The largest absolute Gasteiger partial charge is 0.373 e. The van der Waals surface area contributed by atoms with E-state index in [1.807, 2.05) is 0 Å². The quantitative estimate of drug-likeness (QED) is 0.640. The lowest BCUT2D eigenvalue weighted by molar-refractivity contribution is -0.135. The van der Waals surface area contributed by atoms with Gasteiger partial charge in [-0.05, 0) is 0 Å². The summed E-state index contributed by atoms with van der Waals surface area (Å²) in [5, 5.41) is 3.20. The predicted molar refractivity (Wildman–Crippen MR) is 52.1 cm³/mol. The van der Waals surface area contributed by atoms with Crippen molar-refractivity contribution < 1.29 is 14.3 Å². The Bertz CT molecular complexity index is 179. The van der Waals surface area contributed by atoms with Crippen molar-refractivity contribution in [1.82, 2.24) is 10.2 Å². The van der Waals surface area contributed by atoms with Gasteiger partial charge in [-0.1, -0.05) is 0 Å². The maximum absolute atomic E-state index is 11.1. The third kappa shape index (κ3) is 4.04. The highest BCUT2D eigenvalue weighted by atomic mass is 16.5. The van der Waals surface area contributed by atoms with Gasteiger partial charge in [0.25, 0.3) is 0 Å². The monoisotopic (exact) mass is 202 g/mol. The lowest BCUT2D eigenvalue weighted by Gasteiger charge is -2.23. The van der Waals surface area contributed by atoms with Gasteiger partial charge < -0.3 is 19.7 Å². The number of ether oxygens (including phenoxy) is 2. The van der Waals surface area contributed by atoms with Gasteiger partial charge in [0.2, 0.25) is 5.91 Å². The lowest BCUT2D eigenvalue weighted by Crippen LogP contribution is -2.41. The molecule has 0 aromatic rings. The highest BCUT2D eigenvalue weighted by molar-refractivity contribution is 5.76. The molecule has 0 spiro atoms. The zero-order valence-electron chi connectivity index (χ0n) is 8.78. The van der Waals surface area contributed by atoms with E-state index >= 15 is 0 Å². The van der Waals surface area contributed by atoms with E-state index in [4.69, 9.17) is 9.47 Å². The molecule has 1 N–H and O–H groups in total. The number of nitrogens with zero attached hydrogens (tertiary/aromatic N) is 1. The van der Waals surface area contributed by atoms with Crippen LogP contribution in [0.15, 0.2) is 0 Å². The fourth-order valence-electron chi connectivity index (χ4n) is 1.13. The second-order valence-corrected chi connectivity index (χ2v) is 3.50. The van der Waals surface area contributed by atoms with Crippen LogP contribution < -0.4 is 5.32 Å². The number of rotatable bonds is 4. The Hall–Kier alpha value is -0.650. The standard InChI is InChI=1S/C9H18N2O3/c1-11(2)9(12)7-13-6-8-5-10-3-4-14-8/h8,10H,3-7H2,1-2H3. The van der Waals surface area contributed by atoms with E-state index < -0.39 is 0 Å². The van der Waals surface area contributed by atoms with Crippen LogP contribution >= 0.6 is 0 Å². The highest BCUT2D eigenvalue weighted by Gasteiger charge is 2.14. The van der Waals surface area contributed by atoms with Crippen molar-refractivity contribution in [3.8, 4) is 0 Å². The van der Waals surface area contributed by atoms with Crippen LogP contribution in [0.25, 0.3) is 0 Å². The number of hydrogen-bond acceptors (Lipinski definition) is 4. The van der Waals surface area contributed by atoms with Crippen molar-refractivity contribution in [3.05, 3.63) is 0 Å². The fraction of sp³-hybridized carbons (Fsp3) is 0.889. The van der Waals surface area contributed by atoms with E-state index in [-0.39, 0.29) is 18.6 Å². The third-order valence-electron chi connectivity index (χ3n) is 2.03. The summed E-state index contributed by atoms with van der Waals surface area (Å²) in [4.78, 5) is 12.6. The van der Waals surface area contributed by atoms with Crippen LogP contribution in [-0.4, -0.2) is 63.9 Å². The molecule has 1 atom stereocenters. The molecule has 1 aliphatic heterocycles. The minimum Gasteiger partial charge on any atom is -0.373 e. The van der Waals surface area contributed by atoms with Crippen LogP contribution in [0.5, 0.6) is 0 Å². The second kappa shape index (κ2) is 5.95. The Kier molecular flexibility index (Phi) is 4.86. The van der Waals surface area contributed by atoms with E-state index in [2.05, 4.69) is 5.32 Å². The molecule has 0 saturated carbocycles. The van der Waals surface area contributed by atoms with Gasteiger partial charge in [-0.15, -0.1) is 0 Å². The average Bonchev–Trinajstić information content (AvgIpc) is 2.19. The van der Waals surface area contributed by atoms with Crippen molar-refractivity contribution in [2.24, 2.45) is 0 Å². The van der Waals surface area contributed by atoms with E-state index in [1.54, 1.807) is 14.1 Å². The molecule has 1 saturated heterocycles. The molecule has 1 heterocycles. The number of amides is 1. The summed E-state index contributed by atoms with van der Waals surface area (Å²) in [6.45, 7) is 3.03. The zero-order chi connectivity index (χ0) is 10.4. The van der Waals surface area contributed by atoms with Crippen LogP contribution in [-0.2, 0) is 14.3 Å². The summed E-state index contributed by atoms with van der Waals surface area (Å²) in [5.41, 5.74) is 0. The Morgan fingerprint density at radius 1 is 1.64 bits per heavy atom. The molecule has 14 heavy (non-hydrogen) atoms. The van der Waals surface area contributed by atoms with Gasteiger partial charge in [-0.25, -0.2) is 0 Å². The molecule has 0 aromatic carbocycles. The zero-order valence-corrected chi connectivity index (χ0v) is 8.78. The Balaban J connectivity index is 2.05. The van der Waals surface area contributed by atoms with Gasteiger partial charge in [-0.2, -0.15) is 0 Å². The van der Waals surface area contributed by atoms with Crippen molar-refractivity contribution in [2.75, 3.05) is 47.0 Å². The number of carbonyl (C=O) groups is 1. The average molecular weight is 202 g/mol.